The van der Waals surface area contributed by atoms with E-state index in [1.807, 2.05) is 0 Å². The Bertz CT molecular complexity index is 327. The zero-order chi connectivity index (χ0) is 22.1. The van der Waals surface area contributed by atoms with E-state index in [2.05, 4.69) is 39.8 Å². The largest absolute Gasteiger partial charge is 0.0885 e. The van der Waals surface area contributed by atoms with Crippen molar-refractivity contribution in [3.05, 3.63) is 12.2 Å². The van der Waals surface area contributed by atoms with Gasteiger partial charge >= 0.3 is 0 Å². The maximum absolute atomic E-state index is 2.45. The average molecular weight is 421 g/mol. The number of rotatable bonds is 24. The van der Waals surface area contributed by atoms with Crippen molar-refractivity contribution in [1.82, 2.24) is 0 Å². The second-order valence-corrected chi connectivity index (χ2v) is 10.3. The average Bonchev–Trinajstić information content (AvgIpc) is 2.74. The van der Waals surface area contributed by atoms with Gasteiger partial charge in [-0.3, -0.25) is 0 Å². The summed E-state index contributed by atoms with van der Waals surface area (Å²) < 4.78 is 0. The molecule has 0 bridgehead atoms. The van der Waals surface area contributed by atoms with Crippen molar-refractivity contribution >= 4 is 0 Å². The van der Waals surface area contributed by atoms with Crippen LogP contribution in [-0.4, -0.2) is 0 Å². The predicted molar refractivity (Wildman–Crippen MR) is 140 cm³/mol. The van der Waals surface area contributed by atoms with Gasteiger partial charge < -0.3 is 0 Å². The first kappa shape index (κ1) is 29.7. The Morgan fingerprint density at radius 3 is 1.23 bits per heavy atom. The van der Waals surface area contributed by atoms with Gasteiger partial charge in [0, 0.05) is 0 Å². The minimum Gasteiger partial charge on any atom is -0.0885 e. The molecule has 1 atom stereocenters. The molecule has 0 aliphatic heterocycles. The summed E-state index contributed by atoms with van der Waals surface area (Å²) >= 11 is 0. The highest BCUT2D eigenvalue weighted by molar-refractivity contribution is 4.81. The van der Waals surface area contributed by atoms with Crippen LogP contribution in [0.25, 0.3) is 0 Å². The van der Waals surface area contributed by atoms with Gasteiger partial charge in [0.2, 0.25) is 0 Å². The lowest BCUT2D eigenvalue weighted by Gasteiger charge is -2.20. The van der Waals surface area contributed by atoms with Crippen LogP contribution in [0.2, 0.25) is 0 Å². The van der Waals surface area contributed by atoms with E-state index < -0.39 is 0 Å². The van der Waals surface area contributed by atoms with Crippen LogP contribution in [-0.2, 0) is 0 Å². The molecule has 0 saturated heterocycles. The van der Waals surface area contributed by atoms with Crippen molar-refractivity contribution in [2.45, 2.75) is 169 Å². The van der Waals surface area contributed by atoms with Crippen LogP contribution in [0.3, 0.4) is 0 Å². The van der Waals surface area contributed by atoms with Crippen molar-refractivity contribution in [2.75, 3.05) is 0 Å². The summed E-state index contributed by atoms with van der Waals surface area (Å²) in [6.45, 7) is 9.49. The molecule has 30 heavy (non-hydrogen) atoms. The standard InChI is InChI=1S/C30H60/c1-5-7-9-11-13-15-16-17-18-19-20-22-24-26-28-30(29(3)4)27-25-23-21-14-12-10-8-6-2/h11,13,29-30H,5-10,12,14-28H2,1-4H3/b13-11+. The first-order chi connectivity index (χ1) is 14.7. The van der Waals surface area contributed by atoms with Crippen molar-refractivity contribution in [3.63, 3.8) is 0 Å². The lowest BCUT2D eigenvalue weighted by molar-refractivity contribution is 0.312. The number of allylic oxidation sites excluding steroid dienone is 2. The molecule has 1 unspecified atom stereocenters. The fourth-order valence-electron chi connectivity index (χ4n) is 4.64. The van der Waals surface area contributed by atoms with Crippen LogP contribution in [0.15, 0.2) is 12.2 Å². The summed E-state index contributed by atoms with van der Waals surface area (Å²) in [6, 6.07) is 0. The number of unbranched alkanes of at least 4 members (excludes halogenated alkanes) is 17. The van der Waals surface area contributed by atoms with E-state index in [1.165, 1.54) is 141 Å². The Morgan fingerprint density at radius 1 is 0.433 bits per heavy atom. The van der Waals surface area contributed by atoms with E-state index in [4.69, 9.17) is 0 Å². The summed E-state index contributed by atoms with van der Waals surface area (Å²) in [5.74, 6) is 1.86. The molecule has 0 aliphatic carbocycles. The van der Waals surface area contributed by atoms with Gasteiger partial charge in [0.05, 0.1) is 0 Å². The summed E-state index contributed by atoms with van der Waals surface area (Å²) in [6.07, 6.45) is 36.3. The monoisotopic (exact) mass is 420 g/mol. The molecule has 0 aliphatic rings. The quantitative estimate of drug-likeness (QED) is 0.107. The smallest absolute Gasteiger partial charge is 0.0351 e. The summed E-state index contributed by atoms with van der Waals surface area (Å²) in [7, 11) is 0. The summed E-state index contributed by atoms with van der Waals surface area (Å²) in [5.41, 5.74) is 0. The van der Waals surface area contributed by atoms with E-state index in [9.17, 15) is 0 Å². The minimum atomic E-state index is 0.880. The number of hydrogen-bond acceptors (Lipinski definition) is 0. The second kappa shape index (κ2) is 25.0. The lowest BCUT2D eigenvalue weighted by atomic mass is 9.85. The molecule has 0 aromatic heterocycles. The van der Waals surface area contributed by atoms with E-state index in [0.29, 0.717) is 0 Å². The molecular formula is C30H60. The minimum absolute atomic E-state index is 0.880. The Kier molecular flexibility index (Phi) is 24.8. The molecule has 0 heteroatoms. The molecule has 0 aromatic rings. The highest BCUT2D eigenvalue weighted by atomic mass is 14.2. The molecule has 0 saturated carbocycles. The topological polar surface area (TPSA) is 0 Å². The molecule has 0 aromatic carbocycles. The van der Waals surface area contributed by atoms with Crippen molar-refractivity contribution in [1.29, 1.82) is 0 Å². The maximum atomic E-state index is 2.45. The predicted octanol–water partition coefficient (Wildman–Crippen LogP) is 11.4. The molecule has 0 nitrogen and oxygen atoms in total. The Morgan fingerprint density at radius 2 is 0.800 bits per heavy atom. The van der Waals surface area contributed by atoms with Crippen molar-refractivity contribution in [3.8, 4) is 0 Å². The van der Waals surface area contributed by atoms with E-state index in [1.54, 1.807) is 0 Å². The fourth-order valence-corrected chi connectivity index (χ4v) is 4.64. The SMILES string of the molecule is CCCC/C=C/CCCCCCCCCCC(CCCCCCCCCC)C(C)C. The third kappa shape index (κ3) is 22.4. The highest BCUT2D eigenvalue weighted by Crippen LogP contribution is 2.25. The van der Waals surface area contributed by atoms with Crippen molar-refractivity contribution in [2.24, 2.45) is 11.8 Å². The Labute approximate surface area is 193 Å². The van der Waals surface area contributed by atoms with Crippen LogP contribution in [0.1, 0.15) is 169 Å². The molecule has 0 N–H and O–H groups in total. The Hall–Kier alpha value is -0.260. The lowest BCUT2D eigenvalue weighted by Crippen LogP contribution is -2.08. The fraction of sp³-hybridized carbons (Fsp3) is 0.933. The van der Waals surface area contributed by atoms with Gasteiger partial charge in [-0.2, -0.15) is 0 Å². The van der Waals surface area contributed by atoms with E-state index in [0.717, 1.165) is 11.8 Å². The second-order valence-electron chi connectivity index (χ2n) is 10.3. The van der Waals surface area contributed by atoms with E-state index in [-0.39, 0.29) is 0 Å². The van der Waals surface area contributed by atoms with E-state index >= 15 is 0 Å². The molecule has 0 amide bonds. The van der Waals surface area contributed by atoms with Crippen LogP contribution < -0.4 is 0 Å². The summed E-state index contributed by atoms with van der Waals surface area (Å²) in [4.78, 5) is 0. The molecular weight excluding hydrogens is 360 g/mol. The Balaban J connectivity index is 3.44. The maximum Gasteiger partial charge on any atom is -0.0351 e. The first-order valence-electron chi connectivity index (χ1n) is 14.4. The summed E-state index contributed by atoms with van der Waals surface area (Å²) in [5, 5.41) is 0. The van der Waals surface area contributed by atoms with Crippen LogP contribution in [0.5, 0.6) is 0 Å². The van der Waals surface area contributed by atoms with Gasteiger partial charge in [0.25, 0.3) is 0 Å². The molecule has 0 spiro atoms. The van der Waals surface area contributed by atoms with Crippen molar-refractivity contribution < 1.29 is 0 Å². The van der Waals surface area contributed by atoms with Gasteiger partial charge in [-0.1, -0.05) is 162 Å². The molecule has 0 heterocycles. The third-order valence-corrected chi connectivity index (χ3v) is 6.96. The van der Waals surface area contributed by atoms with Gasteiger partial charge in [-0.15, -0.1) is 0 Å². The third-order valence-electron chi connectivity index (χ3n) is 6.96. The molecule has 180 valence electrons. The van der Waals surface area contributed by atoms with Crippen LogP contribution in [0.4, 0.5) is 0 Å². The zero-order valence-electron chi connectivity index (χ0n) is 21.9. The van der Waals surface area contributed by atoms with Gasteiger partial charge in [0.15, 0.2) is 0 Å². The van der Waals surface area contributed by atoms with Gasteiger partial charge in [-0.05, 0) is 31.1 Å². The highest BCUT2D eigenvalue weighted by Gasteiger charge is 2.12. The number of hydrogen-bond donors (Lipinski definition) is 0. The zero-order valence-corrected chi connectivity index (χ0v) is 21.9. The van der Waals surface area contributed by atoms with Gasteiger partial charge in [-0.25, -0.2) is 0 Å². The molecule has 0 rings (SSSR count). The first-order valence-corrected chi connectivity index (χ1v) is 14.4. The van der Waals surface area contributed by atoms with Gasteiger partial charge in [0.1, 0.15) is 0 Å². The normalized spacial score (nSPS) is 13.0. The molecule has 0 fully saturated rings. The van der Waals surface area contributed by atoms with Crippen LogP contribution in [0, 0.1) is 11.8 Å². The van der Waals surface area contributed by atoms with Crippen LogP contribution >= 0.6 is 0 Å². The molecule has 0 radical (unpaired) electrons.